The highest BCUT2D eigenvalue weighted by Crippen LogP contribution is 2.43. The molecule has 0 amide bonds. The third kappa shape index (κ3) is 26.7. The number of rotatable bonds is 28. The first-order valence-electron chi connectivity index (χ1n) is 15.0. The van der Waals surface area contributed by atoms with Crippen molar-refractivity contribution in [2.45, 2.75) is 143 Å². The summed E-state index contributed by atoms with van der Waals surface area (Å²) >= 11 is 0. The lowest BCUT2D eigenvalue weighted by Crippen LogP contribution is -2.26. The largest absolute Gasteiger partial charge is 0.472 e. The molecule has 0 fully saturated rings. The van der Waals surface area contributed by atoms with Gasteiger partial charge in [-0.15, -0.1) is 0 Å². The number of phosphoric ester groups is 1. The zero-order valence-corrected chi connectivity index (χ0v) is 24.6. The highest BCUT2D eigenvalue weighted by molar-refractivity contribution is 7.47. The van der Waals surface area contributed by atoms with Gasteiger partial charge in [-0.05, 0) is 32.4 Å². The van der Waals surface area contributed by atoms with Gasteiger partial charge in [0.2, 0.25) is 0 Å². The normalized spacial score (nSPS) is 13.7. The van der Waals surface area contributed by atoms with Gasteiger partial charge in [-0.1, -0.05) is 136 Å². The fourth-order valence-corrected chi connectivity index (χ4v) is 4.94. The highest BCUT2D eigenvalue weighted by atomic mass is 31.2. The Balaban J connectivity index is 4.09. The number of hydrogen-bond donors (Lipinski definition) is 1. The van der Waals surface area contributed by atoms with E-state index in [0.29, 0.717) is 0 Å². The molecule has 0 spiro atoms. The maximum absolute atomic E-state index is 12.1. The van der Waals surface area contributed by atoms with Crippen molar-refractivity contribution in [1.82, 2.24) is 4.90 Å². The molecular weight excluding hydrogens is 457 g/mol. The summed E-state index contributed by atoms with van der Waals surface area (Å²) in [7, 11) is -3.95. The minimum atomic E-state index is -3.95. The molecule has 0 aromatic carbocycles. The van der Waals surface area contributed by atoms with Crippen LogP contribution in [-0.2, 0) is 13.6 Å². The van der Waals surface area contributed by atoms with E-state index in [4.69, 9.17) is 9.05 Å². The monoisotopic (exact) mass is 517 g/mol. The Morgan fingerprint density at radius 1 is 0.600 bits per heavy atom. The average Bonchev–Trinajstić information content (AvgIpc) is 2.84. The number of phosphoric acid groups is 1. The Morgan fingerprint density at radius 2 is 1.03 bits per heavy atom. The molecule has 0 bridgehead atoms. The number of nitrogens with zero attached hydrogens (tertiary/aromatic N) is 1. The molecule has 1 atom stereocenters. The van der Waals surface area contributed by atoms with Crippen LogP contribution in [0.25, 0.3) is 0 Å². The summed E-state index contributed by atoms with van der Waals surface area (Å²) in [6, 6.07) is 0. The first kappa shape index (κ1) is 34.8. The third-order valence-electron chi connectivity index (χ3n) is 6.52. The van der Waals surface area contributed by atoms with Crippen LogP contribution in [0.1, 0.15) is 143 Å². The van der Waals surface area contributed by atoms with E-state index in [9.17, 15) is 9.46 Å². The molecule has 0 heterocycles. The molecule has 0 aromatic heterocycles. The van der Waals surface area contributed by atoms with Crippen LogP contribution in [0.3, 0.4) is 0 Å². The lowest BCUT2D eigenvalue weighted by Gasteiger charge is -2.21. The van der Waals surface area contributed by atoms with Gasteiger partial charge in [-0.25, -0.2) is 4.57 Å². The van der Waals surface area contributed by atoms with Crippen molar-refractivity contribution in [3.8, 4) is 0 Å². The van der Waals surface area contributed by atoms with E-state index in [-0.39, 0.29) is 13.2 Å². The van der Waals surface area contributed by atoms with Gasteiger partial charge in [0, 0.05) is 6.54 Å². The minimum Gasteiger partial charge on any atom is -0.302 e. The highest BCUT2D eigenvalue weighted by Gasteiger charge is 2.19. The molecule has 0 radical (unpaired) electrons. The molecule has 210 valence electrons. The quantitative estimate of drug-likeness (QED) is 0.0636. The van der Waals surface area contributed by atoms with Crippen LogP contribution in [0.15, 0.2) is 12.2 Å². The van der Waals surface area contributed by atoms with Crippen LogP contribution in [0, 0.1) is 0 Å². The predicted octanol–water partition coefficient (Wildman–Crippen LogP) is 9.45. The Morgan fingerprint density at radius 3 is 1.51 bits per heavy atom. The topological polar surface area (TPSA) is 59.0 Å². The molecule has 1 unspecified atom stereocenters. The molecule has 1 N–H and O–H groups in total. The summed E-state index contributed by atoms with van der Waals surface area (Å²) in [5.74, 6) is 0. The predicted molar refractivity (Wildman–Crippen MR) is 152 cm³/mol. The standard InChI is InChI=1S/C29H60NO4P/c1-4-7-10-13-16-19-23-28-33-35(31,32)34-29-24-22-27-30(25-20-17-14-11-8-5-2)26-21-18-15-12-9-6-3/h22,24H,4-21,23,25-29H2,1-3H3,(H,31,32)/b24-22+. The molecule has 0 aliphatic heterocycles. The van der Waals surface area contributed by atoms with Gasteiger partial charge in [0.1, 0.15) is 0 Å². The van der Waals surface area contributed by atoms with Crippen LogP contribution in [0.2, 0.25) is 0 Å². The Bertz CT molecular complexity index is 485. The van der Waals surface area contributed by atoms with E-state index < -0.39 is 7.82 Å². The smallest absolute Gasteiger partial charge is 0.302 e. The Hall–Kier alpha value is -0.190. The summed E-state index contributed by atoms with van der Waals surface area (Å²) < 4.78 is 22.3. The summed E-state index contributed by atoms with van der Waals surface area (Å²) in [5, 5.41) is 0. The molecule has 0 aliphatic rings. The summed E-state index contributed by atoms with van der Waals surface area (Å²) in [6.45, 7) is 10.3. The lowest BCUT2D eigenvalue weighted by molar-refractivity contribution is 0.158. The lowest BCUT2D eigenvalue weighted by atomic mass is 10.1. The van der Waals surface area contributed by atoms with Crippen molar-refractivity contribution in [2.75, 3.05) is 32.8 Å². The van der Waals surface area contributed by atoms with Gasteiger partial charge in [0.15, 0.2) is 0 Å². The van der Waals surface area contributed by atoms with Crippen LogP contribution in [-0.4, -0.2) is 42.6 Å². The van der Waals surface area contributed by atoms with Gasteiger partial charge in [0.25, 0.3) is 0 Å². The van der Waals surface area contributed by atoms with Crippen LogP contribution < -0.4 is 0 Å². The maximum Gasteiger partial charge on any atom is 0.472 e. The van der Waals surface area contributed by atoms with Gasteiger partial charge in [0.05, 0.1) is 13.2 Å². The van der Waals surface area contributed by atoms with E-state index in [2.05, 4.69) is 31.7 Å². The molecule has 0 rings (SSSR count). The fraction of sp³-hybridized carbons (Fsp3) is 0.931. The SMILES string of the molecule is CCCCCCCCCOP(=O)(O)OC/C=C/CN(CCCCCCCC)CCCCCCCC. The van der Waals surface area contributed by atoms with Crippen molar-refractivity contribution in [3.05, 3.63) is 12.2 Å². The first-order chi connectivity index (χ1) is 17.1. The molecular formula is C29H60NO4P. The second-order valence-electron chi connectivity index (χ2n) is 10.0. The second kappa shape index (κ2) is 26.9. The Labute approximate surface area is 219 Å². The first-order valence-corrected chi connectivity index (χ1v) is 16.5. The summed E-state index contributed by atoms with van der Waals surface area (Å²) in [4.78, 5) is 12.4. The van der Waals surface area contributed by atoms with Crippen molar-refractivity contribution in [1.29, 1.82) is 0 Å². The zero-order chi connectivity index (χ0) is 25.9. The van der Waals surface area contributed by atoms with E-state index in [0.717, 1.165) is 38.9 Å². The van der Waals surface area contributed by atoms with E-state index in [1.165, 1.54) is 103 Å². The molecule has 35 heavy (non-hydrogen) atoms. The van der Waals surface area contributed by atoms with Crippen molar-refractivity contribution >= 4 is 7.82 Å². The van der Waals surface area contributed by atoms with Crippen LogP contribution in [0.4, 0.5) is 0 Å². The van der Waals surface area contributed by atoms with Crippen LogP contribution >= 0.6 is 7.82 Å². The van der Waals surface area contributed by atoms with Gasteiger partial charge in [-0.2, -0.15) is 0 Å². The van der Waals surface area contributed by atoms with Gasteiger partial charge in [-0.3, -0.25) is 13.9 Å². The van der Waals surface area contributed by atoms with Crippen molar-refractivity contribution < 1.29 is 18.5 Å². The molecule has 5 nitrogen and oxygen atoms in total. The van der Waals surface area contributed by atoms with E-state index >= 15 is 0 Å². The van der Waals surface area contributed by atoms with E-state index in [1.54, 1.807) is 0 Å². The minimum absolute atomic E-state index is 0.118. The molecule has 6 heteroatoms. The van der Waals surface area contributed by atoms with Crippen molar-refractivity contribution in [3.63, 3.8) is 0 Å². The number of unbranched alkanes of at least 4 members (excludes halogenated alkanes) is 16. The maximum atomic E-state index is 12.1. The molecule has 0 aromatic rings. The molecule has 0 saturated heterocycles. The van der Waals surface area contributed by atoms with Crippen LogP contribution in [0.5, 0.6) is 0 Å². The van der Waals surface area contributed by atoms with Gasteiger partial charge < -0.3 is 4.89 Å². The van der Waals surface area contributed by atoms with E-state index in [1.807, 2.05) is 6.08 Å². The van der Waals surface area contributed by atoms with Crippen molar-refractivity contribution in [2.24, 2.45) is 0 Å². The molecule has 0 aliphatic carbocycles. The second-order valence-corrected chi connectivity index (χ2v) is 11.5. The van der Waals surface area contributed by atoms with Gasteiger partial charge >= 0.3 is 7.82 Å². The Kier molecular flexibility index (Phi) is 26.7. The summed E-state index contributed by atoms with van der Waals surface area (Å²) in [5.41, 5.74) is 0. The third-order valence-corrected chi connectivity index (χ3v) is 7.51. The zero-order valence-electron chi connectivity index (χ0n) is 23.7. The summed E-state index contributed by atoms with van der Waals surface area (Å²) in [6.07, 6.45) is 27.8. The number of hydrogen-bond acceptors (Lipinski definition) is 4. The molecule has 0 saturated carbocycles. The average molecular weight is 518 g/mol. The fourth-order valence-electron chi connectivity index (χ4n) is 4.23.